The number of carbonyl (C=O) groups excluding carboxylic acids is 2. The van der Waals surface area contributed by atoms with E-state index in [0.29, 0.717) is 22.8 Å². The second-order valence-electron chi connectivity index (χ2n) is 13.3. The number of halogens is 2. The van der Waals surface area contributed by atoms with Crippen LogP contribution < -0.4 is 56.9 Å². The van der Waals surface area contributed by atoms with Gasteiger partial charge in [-0.2, -0.15) is 9.13 Å². The zero-order valence-corrected chi connectivity index (χ0v) is 33.3. The summed E-state index contributed by atoms with van der Waals surface area (Å²) in [6, 6.07) is 31.6. The molecule has 0 fully saturated rings. The van der Waals surface area contributed by atoms with E-state index in [1.54, 1.807) is 35.4 Å². The Bertz CT molecular complexity index is 2330. The van der Waals surface area contributed by atoms with Gasteiger partial charge in [0.2, 0.25) is 22.6 Å². The number of Topliss-reactive ketones (excluding diaryl/α,β-unsaturated/α-hetero) is 2. The number of fused-ring (bicyclic) bond motifs is 2. The molecule has 0 spiro atoms. The summed E-state index contributed by atoms with van der Waals surface area (Å²) in [7, 11) is 3.55. The lowest BCUT2D eigenvalue weighted by atomic mass is 10.0. The van der Waals surface area contributed by atoms with Gasteiger partial charge in [0.05, 0.1) is 35.7 Å². The number of carbonyl (C=O) groups is 4. The standard InChI is InChI=1S/2C22H21N3O3.2ClH/c2*1-25-19-5-3-2-4-17(19)15(9-6-14-7-10-16(23)11-8-14)12-20(25)22(28)18(24)13-21(26)27;;/h2*2-12,18,23H,13,24H2,1H3,(H,26,27);2*1H. The fourth-order valence-electron chi connectivity index (χ4n) is 6.20. The maximum atomic E-state index is 12.8. The highest BCUT2D eigenvalue weighted by molar-refractivity contribution is 6.02. The van der Waals surface area contributed by atoms with Crippen LogP contribution in [0.2, 0.25) is 0 Å². The molecule has 10 N–H and O–H groups in total. The molecule has 4 aromatic carbocycles. The van der Waals surface area contributed by atoms with Gasteiger partial charge in [0.25, 0.3) is 11.4 Å². The van der Waals surface area contributed by atoms with Crippen molar-refractivity contribution in [2.24, 2.45) is 25.6 Å². The third-order valence-electron chi connectivity index (χ3n) is 9.21. The van der Waals surface area contributed by atoms with Crippen LogP contribution in [0, 0.1) is 0 Å². The van der Waals surface area contributed by atoms with Gasteiger partial charge in [-0.15, -0.1) is 0 Å². The monoisotopic (exact) mass is 822 g/mol. The fraction of sp³-hybridized carbons (Fsp3) is 0.136. The Morgan fingerprint density at radius 1 is 0.552 bits per heavy atom. The number of hydrogen-bond donors (Lipinski definition) is 6. The van der Waals surface area contributed by atoms with Crippen LogP contribution in [0.15, 0.2) is 109 Å². The minimum atomic E-state index is -1.10. The van der Waals surface area contributed by atoms with E-state index < -0.39 is 48.4 Å². The molecule has 6 rings (SSSR count). The van der Waals surface area contributed by atoms with Gasteiger partial charge in [0.1, 0.15) is 14.1 Å². The SMILES string of the molecule is C[n+]1c(C(=O)C(N)CC(=O)O)cc(C=Cc2ccc(N)cc2)c2ccccc21.C[n+]1c(C(=O)C(N)CC(=O)O)cc(C=Cc2ccc(N)cc2)c2ccccc21.[Cl-].[Cl-]. The van der Waals surface area contributed by atoms with E-state index in [-0.39, 0.29) is 24.8 Å². The first-order valence-corrected chi connectivity index (χ1v) is 17.7. The van der Waals surface area contributed by atoms with Crippen molar-refractivity contribution in [2.75, 3.05) is 11.5 Å². The highest BCUT2D eigenvalue weighted by atomic mass is 35.5. The molecular weight excluding hydrogens is 779 g/mol. The van der Waals surface area contributed by atoms with E-state index in [0.717, 1.165) is 44.1 Å². The van der Waals surface area contributed by atoms with Crippen LogP contribution in [0.3, 0.4) is 0 Å². The van der Waals surface area contributed by atoms with Crippen molar-refractivity contribution in [1.82, 2.24) is 0 Å². The lowest BCUT2D eigenvalue weighted by Crippen LogP contribution is -3.00. The van der Waals surface area contributed by atoms with Gasteiger partial charge in [-0.3, -0.25) is 19.2 Å². The number of nitrogens with zero attached hydrogens (tertiary/aromatic N) is 2. The van der Waals surface area contributed by atoms with Gasteiger partial charge in [-0.25, -0.2) is 0 Å². The van der Waals surface area contributed by atoms with Crippen LogP contribution >= 0.6 is 0 Å². The summed E-state index contributed by atoms with van der Waals surface area (Å²) in [6.45, 7) is 0. The van der Waals surface area contributed by atoms with Crippen molar-refractivity contribution in [3.05, 3.63) is 143 Å². The van der Waals surface area contributed by atoms with Gasteiger partial charge in [-0.05, 0) is 58.7 Å². The lowest BCUT2D eigenvalue weighted by Gasteiger charge is -2.09. The van der Waals surface area contributed by atoms with E-state index >= 15 is 0 Å². The predicted octanol–water partition coefficient (Wildman–Crippen LogP) is -1.19. The second-order valence-corrected chi connectivity index (χ2v) is 13.3. The number of nitrogen functional groups attached to an aromatic ring is 2. The first kappa shape index (κ1) is 45.9. The number of benzene rings is 4. The smallest absolute Gasteiger partial charge is 0.305 e. The quantitative estimate of drug-likeness (QED) is 0.0493. The minimum absolute atomic E-state index is 0. The predicted molar refractivity (Wildman–Crippen MR) is 219 cm³/mol. The second kappa shape index (κ2) is 20.6. The summed E-state index contributed by atoms with van der Waals surface area (Å²) in [5, 5.41) is 19.8. The largest absolute Gasteiger partial charge is 1.00 e. The third kappa shape index (κ3) is 11.3. The third-order valence-corrected chi connectivity index (χ3v) is 9.21. The van der Waals surface area contributed by atoms with E-state index in [9.17, 15) is 19.2 Å². The molecule has 2 heterocycles. The molecule has 0 bridgehead atoms. The molecule has 0 amide bonds. The zero-order valence-electron chi connectivity index (χ0n) is 31.8. The molecule has 0 aliphatic heterocycles. The van der Waals surface area contributed by atoms with Crippen molar-refractivity contribution >= 4 is 81.0 Å². The summed E-state index contributed by atoms with van der Waals surface area (Å²) >= 11 is 0. The molecule has 300 valence electrons. The highest BCUT2D eigenvalue weighted by Crippen LogP contribution is 2.22. The van der Waals surface area contributed by atoms with Crippen LogP contribution in [0.5, 0.6) is 0 Å². The maximum Gasteiger partial charge on any atom is 0.305 e. The van der Waals surface area contributed by atoms with Gasteiger partial charge >= 0.3 is 11.9 Å². The molecule has 14 heteroatoms. The summed E-state index contributed by atoms with van der Waals surface area (Å²) < 4.78 is 3.50. The Kier molecular flexibility index (Phi) is 16.4. The van der Waals surface area contributed by atoms with Crippen molar-refractivity contribution in [2.45, 2.75) is 24.9 Å². The molecule has 0 aliphatic rings. The normalized spacial score (nSPS) is 11.9. The first-order valence-electron chi connectivity index (χ1n) is 17.7. The zero-order chi connectivity index (χ0) is 40.5. The topological polar surface area (TPSA) is 221 Å². The molecular formula is C44H44Cl2N6O6. The van der Waals surface area contributed by atoms with Crippen molar-refractivity contribution in [1.29, 1.82) is 0 Å². The molecule has 0 radical (unpaired) electrons. The van der Waals surface area contributed by atoms with Crippen LogP contribution in [0.1, 0.15) is 56.1 Å². The summed E-state index contributed by atoms with van der Waals surface area (Å²) in [6.07, 6.45) is 6.89. The molecule has 2 atom stereocenters. The number of aliphatic carboxylic acids is 2. The number of ketones is 2. The minimum Gasteiger partial charge on any atom is -1.00 e. The summed E-state index contributed by atoms with van der Waals surface area (Å²) in [4.78, 5) is 47.4. The number of para-hydroxylation sites is 2. The average molecular weight is 824 g/mol. The number of nitrogens with two attached hydrogens (primary N) is 4. The van der Waals surface area contributed by atoms with Gasteiger partial charge in [-0.1, -0.05) is 72.8 Å². The molecule has 0 aliphatic carbocycles. The number of hydrogen-bond acceptors (Lipinski definition) is 8. The van der Waals surface area contributed by atoms with E-state index in [1.807, 2.05) is 121 Å². The maximum absolute atomic E-state index is 12.8. The lowest BCUT2D eigenvalue weighted by molar-refractivity contribution is -0.647. The molecule has 2 aromatic heterocycles. The highest BCUT2D eigenvalue weighted by Gasteiger charge is 2.29. The van der Waals surface area contributed by atoms with Crippen LogP contribution in [0.25, 0.3) is 46.1 Å². The number of aryl methyl sites for hydroxylation is 2. The Balaban J connectivity index is 0.000000300. The number of carboxylic acids is 2. The molecule has 12 nitrogen and oxygen atoms in total. The summed E-state index contributed by atoms with van der Waals surface area (Å²) in [5.41, 5.74) is 30.5. The molecule has 6 aromatic rings. The first-order chi connectivity index (χ1) is 26.7. The average Bonchev–Trinajstić information content (AvgIpc) is 3.18. The van der Waals surface area contributed by atoms with Gasteiger partial charge in [0.15, 0.2) is 0 Å². The molecule has 58 heavy (non-hydrogen) atoms. The number of carboxylic acid groups (broad SMARTS) is 2. The van der Waals surface area contributed by atoms with E-state index in [2.05, 4.69) is 0 Å². The van der Waals surface area contributed by atoms with E-state index in [1.165, 1.54) is 0 Å². The molecule has 2 unspecified atom stereocenters. The number of anilines is 2. The van der Waals surface area contributed by atoms with E-state index in [4.69, 9.17) is 33.1 Å². The Hall–Kier alpha value is -6.44. The van der Waals surface area contributed by atoms with Crippen molar-refractivity contribution in [3.8, 4) is 0 Å². The fourth-order valence-corrected chi connectivity index (χ4v) is 6.20. The Morgan fingerprint density at radius 3 is 1.21 bits per heavy atom. The Morgan fingerprint density at radius 2 is 0.879 bits per heavy atom. The Labute approximate surface area is 347 Å². The molecule has 0 saturated heterocycles. The van der Waals surface area contributed by atoms with Gasteiger partial charge in [0, 0.05) is 35.6 Å². The number of rotatable bonds is 12. The van der Waals surface area contributed by atoms with Gasteiger partial charge < -0.3 is 58.0 Å². The van der Waals surface area contributed by atoms with Crippen LogP contribution in [-0.4, -0.2) is 45.8 Å². The number of aromatic nitrogens is 2. The summed E-state index contributed by atoms with van der Waals surface area (Å²) in [5.74, 6) is -3.02. The van der Waals surface area contributed by atoms with Crippen molar-refractivity contribution in [3.63, 3.8) is 0 Å². The van der Waals surface area contributed by atoms with Crippen LogP contribution in [-0.2, 0) is 23.7 Å². The number of pyridine rings is 2. The van der Waals surface area contributed by atoms with Crippen molar-refractivity contribution < 1.29 is 63.3 Å². The van der Waals surface area contributed by atoms with Crippen LogP contribution in [0.4, 0.5) is 11.4 Å². The molecule has 0 saturated carbocycles.